The Bertz CT molecular complexity index is 1120. The topological polar surface area (TPSA) is 91.3 Å². The number of aromatic nitrogens is 3. The number of benzene rings is 1. The highest BCUT2D eigenvalue weighted by Crippen LogP contribution is 2.38. The lowest BCUT2D eigenvalue weighted by Crippen LogP contribution is -2.41. The molecule has 33 heavy (non-hydrogen) atoms. The van der Waals surface area contributed by atoms with Crippen LogP contribution in [0.25, 0.3) is 22.4 Å². The van der Waals surface area contributed by atoms with E-state index in [-0.39, 0.29) is 12.2 Å². The third kappa shape index (κ3) is 4.60. The minimum absolute atomic E-state index is 0.194. The molecule has 7 heteroatoms. The number of nitrogens with zero attached hydrogens (tertiary/aromatic N) is 3. The number of carboxylic acid groups (broad SMARTS) is 1. The number of hydrogen-bond donors (Lipinski definition) is 2. The number of carbonyl (C=O) groups is 1. The van der Waals surface area contributed by atoms with E-state index < -0.39 is 11.4 Å². The van der Waals surface area contributed by atoms with E-state index >= 15 is 0 Å². The Kier molecular flexibility index (Phi) is 5.83. The Morgan fingerprint density at radius 1 is 1.12 bits per heavy atom. The lowest BCUT2D eigenvalue weighted by molar-refractivity contribution is -0.152. The number of carboxylic acids is 1. The predicted molar refractivity (Wildman–Crippen MR) is 128 cm³/mol. The second-order valence-corrected chi connectivity index (χ2v) is 9.90. The summed E-state index contributed by atoms with van der Waals surface area (Å²) in [5.41, 5.74) is 3.62. The van der Waals surface area contributed by atoms with Gasteiger partial charge in [0.1, 0.15) is 11.6 Å². The number of H-pyrrole nitrogens is 1. The fourth-order valence-electron chi connectivity index (χ4n) is 5.04. The van der Waals surface area contributed by atoms with Crippen molar-refractivity contribution in [2.45, 2.75) is 64.6 Å². The summed E-state index contributed by atoms with van der Waals surface area (Å²) >= 11 is 0. The van der Waals surface area contributed by atoms with E-state index in [0.29, 0.717) is 12.8 Å². The zero-order valence-corrected chi connectivity index (χ0v) is 19.4. The van der Waals surface area contributed by atoms with Crippen molar-refractivity contribution < 1.29 is 14.6 Å². The first-order valence-corrected chi connectivity index (χ1v) is 12.0. The van der Waals surface area contributed by atoms with Crippen molar-refractivity contribution in [1.29, 1.82) is 0 Å². The maximum atomic E-state index is 11.4. The Morgan fingerprint density at radius 3 is 2.52 bits per heavy atom. The summed E-state index contributed by atoms with van der Waals surface area (Å²) in [6.45, 7) is 5.77. The molecular formula is C26H32N4O3. The number of pyridine rings is 1. The summed E-state index contributed by atoms with van der Waals surface area (Å²) < 4.78 is 6.35. The minimum Gasteiger partial charge on any atom is -0.481 e. The fraction of sp³-hybridized carbons (Fsp3) is 0.500. The molecule has 0 unspecified atom stereocenters. The lowest BCUT2D eigenvalue weighted by atomic mass is 9.75. The zero-order chi connectivity index (χ0) is 23.0. The number of imidazole rings is 1. The first kappa shape index (κ1) is 21.9. The van der Waals surface area contributed by atoms with Gasteiger partial charge in [0, 0.05) is 24.8 Å². The molecule has 1 saturated heterocycles. The maximum absolute atomic E-state index is 11.4. The average Bonchev–Trinajstić information content (AvgIpc) is 3.24. The van der Waals surface area contributed by atoms with Gasteiger partial charge in [0.15, 0.2) is 0 Å². The zero-order valence-electron chi connectivity index (χ0n) is 19.4. The first-order valence-electron chi connectivity index (χ1n) is 12.0. The third-order valence-corrected chi connectivity index (χ3v) is 7.36. The minimum atomic E-state index is -0.678. The molecule has 0 amide bonds. The van der Waals surface area contributed by atoms with Crippen LogP contribution < -0.4 is 4.90 Å². The van der Waals surface area contributed by atoms with E-state index in [4.69, 9.17) is 14.7 Å². The summed E-state index contributed by atoms with van der Waals surface area (Å²) in [5, 5.41) is 9.41. The number of piperidine rings is 1. The summed E-state index contributed by atoms with van der Waals surface area (Å²) in [6.07, 6.45) is 7.36. The van der Waals surface area contributed by atoms with Crippen molar-refractivity contribution in [1.82, 2.24) is 15.0 Å². The van der Waals surface area contributed by atoms with Gasteiger partial charge in [-0.15, -0.1) is 0 Å². The van der Waals surface area contributed by atoms with E-state index in [9.17, 15) is 9.90 Å². The van der Waals surface area contributed by atoms with Gasteiger partial charge in [-0.05, 0) is 82.2 Å². The Labute approximate surface area is 194 Å². The monoisotopic (exact) mass is 448 g/mol. The number of hydrogen-bond acceptors (Lipinski definition) is 5. The largest absolute Gasteiger partial charge is 0.481 e. The van der Waals surface area contributed by atoms with Crippen molar-refractivity contribution in [3.05, 3.63) is 42.1 Å². The van der Waals surface area contributed by atoms with Crippen LogP contribution in [-0.4, -0.2) is 51.3 Å². The van der Waals surface area contributed by atoms with Crippen molar-refractivity contribution in [3.63, 3.8) is 0 Å². The molecule has 174 valence electrons. The van der Waals surface area contributed by atoms with Crippen LogP contribution in [0.15, 0.2) is 36.5 Å². The van der Waals surface area contributed by atoms with Gasteiger partial charge in [-0.25, -0.2) is 9.97 Å². The number of rotatable bonds is 5. The fourth-order valence-corrected chi connectivity index (χ4v) is 5.04. The summed E-state index contributed by atoms with van der Waals surface area (Å²) in [4.78, 5) is 26.5. The van der Waals surface area contributed by atoms with Crippen molar-refractivity contribution in [2.24, 2.45) is 5.41 Å². The van der Waals surface area contributed by atoms with Crippen LogP contribution in [0.1, 0.15) is 51.0 Å². The molecule has 7 nitrogen and oxygen atoms in total. The second-order valence-electron chi connectivity index (χ2n) is 9.90. The molecule has 1 aliphatic heterocycles. The predicted octanol–water partition coefficient (Wildman–Crippen LogP) is 4.95. The quantitative estimate of drug-likeness (QED) is 0.574. The van der Waals surface area contributed by atoms with E-state index in [1.807, 2.05) is 19.2 Å². The summed E-state index contributed by atoms with van der Waals surface area (Å²) in [6, 6.07) is 10.4. The summed E-state index contributed by atoms with van der Waals surface area (Å²) in [7, 11) is 0. The first-order chi connectivity index (χ1) is 15.9. The Morgan fingerprint density at radius 2 is 1.85 bits per heavy atom. The Hall–Kier alpha value is -2.93. The van der Waals surface area contributed by atoms with E-state index in [1.165, 1.54) is 5.56 Å². The number of aryl methyl sites for hydroxylation is 1. The molecule has 2 N–H and O–H groups in total. The molecule has 1 aromatic carbocycles. The molecule has 2 aliphatic rings. The molecule has 1 aliphatic carbocycles. The molecule has 5 rings (SSSR count). The smallest absolute Gasteiger partial charge is 0.309 e. The van der Waals surface area contributed by atoms with Gasteiger partial charge in [-0.2, -0.15) is 0 Å². The number of fused-ring (bicyclic) bond motifs is 1. The molecule has 3 heterocycles. The van der Waals surface area contributed by atoms with Gasteiger partial charge in [-0.1, -0.05) is 6.07 Å². The van der Waals surface area contributed by atoms with Crippen LogP contribution in [0.2, 0.25) is 0 Å². The molecule has 0 spiro atoms. The van der Waals surface area contributed by atoms with Gasteiger partial charge in [-0.3, -0.25) is 4.79 Å². The molecule has 0 atom stereocenters. The van der Waals surface area contributed by atoms with Crippen LogP contribution in [0.4, 0.5) is 5.82 Å². The van der Waals surface area contributed by atoms with Crippen LogP contribution in [0.5, 0.6) is 0 Å². The number of ether oxygens (including phenoxy) is 1. The number of anilines is 1. The van der Waals surface area contributed by atoms with E-state index in [0.717, 1.165) is 67.0 Å². The highest BCUT2D eigenvalue weighted by molar-refractivity contribution is 5.80. The third-order valence-electron chi connectivity index (χ3n) is 7.36. The maximum Gasteiger partial charge on any atom is 0.309 e. The van der Waals surface area contributed by atoms with Gasteiger partial charge < -0.3 is 19.7 Å². The molecular weight excluding hydrogens is 416 g/mol. The number of nitrogens with one attached hydrogen (secondary N) is 1. The normalized spacial score (nSPS) is 24.3. The number of aliphatic carboxylic acids is 1. The van der Waals surface area contributed by atoms with Crippen LogP contribution in [-0.2, 0) is 9.53 Å². The van der Waals surface area contributed by atoms with Crippen LogP contribution in [0, 0.1) is 12.3 Å². The van der Waals surface area contributed by atoms with Crippen molar-refractivity contribution in [2.75, 3.05) is 18.0 Å². The van der Waals surface area contributed by atoms with Crippen molar-refractivity contribution in [3.8, 4) is 11.4 Å². The molecule has 2 fully saturated rings. The van der Waals surface area contributed by atoms with Crippen LogP contribution >= 0.6 is 0 Å². The second kappa shape index (κ2) is 8.78. The van der Waals surface area contributed by atoms with Crippen molar-refractivity contribution >= 4 is 22.8 Å². The molecule has 1 saturated carbocycles. The van der Waals surface area contributed by atoms with Gasteiger partial charge in [0.2, 0.25) is 0 Å². The van der Waals surface area contributed by atoms with Crippen LogP contribution in [0.3, 0.4) is 0 Å². The average molecular weight is 449 g/mol. The summed E-state index contributed by atoms with van der Waals surface area (Å²) in [5.74, 6) is 1.15. The van der Waals surface area contributed by atoms with Gasteiger partial charge in [0.05, 0.1) is 28.7 Å². The molecule has 0 radical (unpaired) electrons. The van der Waals surface area contributed by atoms with Gasteiger partial charge in [0.25, 0.3) is 0 Å². The highest BCUT2D eigenvalue weighted by atomic mass is 16.5. The highest BCUT2D eigenvalue weighted by Gasteiger charge is 2.38. The van der Waals surface area contributed by atoms with E-state index in [1.54, 1.807) is 0 Å². The lowest BCUT2D eigenvalue weighted by Gasteiger charge is -2.38. The molecule has 3 aromatic rings. The molecule has 2 aromatic heterocycles. The standard InChI is InChI=1S/C26H32N4O3/c1-17-3-5-21-22(15-17)29-24(28-21)18-4-6-23(27-16-18)30-13-9-20(10-14-30)33-19-7-11-26(2,12-8-19)25(31)32/h3-6,15-16,19-20H,7-14H2,1-2H3,(H,28,29)(H,31,32). The SMILES string of the molecule is Cc1ccc2nc(-c3ccc(N4CCC(OC5CCC(C)(C(=O)O)CC5)CC4)nc3)[nH]c2c1. The van der Waals surface area contributed by atoms with E-state index in [2.05, 4.69) is 41.1 Å². The molecule has 0 bridgehead atoms. The Balaban J connectivity index is 1.15. The van der Waals surface area contributed by atoms with Gasteiger partial charge >= 0.3 is 5.97 Å². The number of aromatic amines is 1.